The van der Waals surface area contributed by atoms with Crippen molar-refractivity contribution in [2.45, 2.75) is 45.4 Å². The highest BCUT2D eigenvalue weighted by molar-refractivity contribution is 5.83. The molecule has 0 radical (unpaired) electrons. The van der Waals surface area contributed by atoms with Gasteiger partial charge in [-0.05, 0) is 25.9 Å². The Morgan fingerprint density at radius 3 is 2.38 bits per heavy atom. The van der Waals surface area contributed by atoms with Crippen LogP contribution >= 0.6 is 0 Å². The Kier molecular flexibility index (Phi) is 5.58. The zero-order chi connectivity index (χ0) is 16.4. The van der Waals surface area contributed by atoms with E-state index >= 15 is 0 Å². The molecule has 0 bridgehead atoms. The molecular formula is C14H27N3O4. The Hall–Kier alpha value is -1.34. The summed E-state index contributed by atoms with van der Waals surface area (Å²) in [5.74, 6) is -1.06. The van der Waals surface area contributed by atoms with Gasteiger partial charge in [0, 0.05) is 19.1 Å². The fraction of sp³-hybridized carbons (Fsp3) is 0.857. The van der Waals surface area contributed by atoms with Gasteiger partial charge in [0.25, 0.3) is 0 Å². The van der Waals surface area contributed by atoms with Crippen LogP contribution in [-0.2, 0) is 4.79 Å². The molecule has 2 unspecified atom stereocenters. The van der Waals surface area contributed by atoms with E-state index in [4.69, 9.17) is 0 Å². The maximum atomic E-state index is 12.4. The van der Waals surface area contributed by atoms with Crippen molar-refractivity contribution in [2.75, 3.05) is 27.2 Å². The summed E-state index contributed by atoms with van der Waals surface area (Å²) in [6, 6.07) is -1.51. The van der Waals surface area contributed by atoms with Gasteiger partial charge in [-0.15, -0.1) is 0 Å². The van der Waals surface area contributed by atoms with Gasteiger partial charge in [-0.2, -0.15) is 0 Å². The number of rotatable bonds is 4. The van der Waals surface area contributed by atoms with Crippen molar-refractivity contribution in [3.8, 4) is 0 Å². The Labute approximate surface area is 125 Å². The second-order valence-corrected chi connectivity index (χ2v) is 7.04. The van der Waals surface area contributed by atoms with E-state index in [1.807, 2.05) is 19.0 Å². The van der Waals surface area contributed by atoms with E-state index in [2.05, 4.69) is 5.32 Å². The van der Waals surface area contributed by atoms with Crippen LogP contribution in [0.25, 0.3) is 0 Å². The third kappa shape index (κ3) is 4.86. The number of likely N-dealkylation sites (tertiary alicyclic amines) is 1. The molecule has 0 aliphatic carbocycles. The van der Waals surface area contributed by atoms with Crippen LogP contribution in [0.3, 0.4) is 0 Å². The number of carbonyl (C=O) groups is 2. The fourth-order valence-electron chi connectivity index (χ4n) is 2.59. The molecule has 3 N–H and O–H groups in total. The minimum atomic E-state index is -1.06. The number of nitrogens with zero attached hydrogens (tertiary/aromatic N) is 2. The first kappa shape index (κ1) is 17.7. The van der Waals surface area contributed by atoms with E-state index in [0.29, 0.717) is 13.0 Å². The quantitative estimate of drug-likeness (QED) is 0.689. The zero-order valence-electron chi connectivity index (χ0n) is 13.5. The standard InChI is InChI=1S/C14H27N3O4/c1-14(2,3)11(12(19)20)15-13(21)17-8-10(18)6-9(17)7-16(4)5/h9-11,18H,6-8H2,1-5H3,(H,15,21)(H,19,20)/t9?,10?,11-/m1/s1. The minimum Gasteiger partial charge on any atom is -0.480 e. The van der Waals surface area contributed by atoms with Crippen molar-refractivity contribution in [2.24, 2.45) is 5.41 Å². The summed E-state index contributed by atoms with van der Waals surface area (Å²) in [6.45, 7) is 6.17. The van der Waals surface area contributed by atoms with E-state index in [0.717, 1.165) is 0 Å². The first-order valence-corrected chi connectivity index (χ1v) is 7.15. The van der Waals surface area contributed by atoms with Crippen molar-refractivity contribution in [3.05, 3.63) is 0 Å². The predicted molar refractivity (Wildman–Crippen MR) is 79.1 cm³/mol. The first-order valence-electron chi connectivity index (χ1n) is 7.15. The molecule has 7 heteroatoms. The lowest BCUT2D eigenvalue weighted by Gasteiger charge is -2.32. The fourth-order valence-corrected chi connectivity index (χ4v) is 2.59. The molecule has 0 aromatic heterocycles. The van der Waals surface area contributed by atoms with E-state index in [1.165, 1.54) is 4.90 Å². The number of β-amino-alcohol motifs (C(OH)–C–C–N with tert-alkyl or cyclic N) is 1. The molecular weight excluding hydrogens is 274 g/mol. The molecule has 7 nitrogen and oxygen atoms in total. The molecule has 0 aromatic carbocycles. The van der Waals surface area contributed by atoms with Crippen molar-refractivity contribution in [3.63, 3.8) is 0 Å². The van der Waals surface area contributed by atoms with Crippen LogP contribution in [0, 0.1) is 5.41 Å². The Bertz CT molecular complexity index is 392. The van der Waals surface area contributed by atoms with Crippen LogP contribution < -0.4 is 5.32 Å². The smallest absolute Gasteiger partial charge is 0.326 e. The number of amides is 2. The number of hydrogen-bond acceptors (Lipinski definition) is 4. The molecule has 1 saturated heterocycles. The van der Waals surface area contributed by atoms with E-state index in [9.17, 15) is 19.8 Å². The third-order valence-electron chi connectivity index (χ3n) is 3.61. The molecule has 1 rings (SSSR count). The van der Waals surface area contributed by atoms with Gasteiger partial charge in [0.05, 0.1) is 6.10 Å². The number of aliphatic hydroxyl groups is 1. The monoisotopic (exact) mass is 301 g/mol. The van der Waals surface area contributed by atoms with E-state index in [-0.39, 0.29) is 12.6 Å². The number of hydrogen-bond donors (Lipinski definition) is 3. The minimum absolute atomic E-state index is 0.107. The molecule has 0 saturated carbocycles. The average Bonchev–Trinajstić information content (AvgIpc) is 2.63. The highest BCUT2D eigenvalue weighted by Gasteiger charge is 2.38. The summed E-state index contributed by atoms with van der Waals surface area (Å²) >= 11 is 0. The summed E-state index contributed by atoms with van der Waals surface area (Å²) in [5.41, 5.74) is -0.586. The Morgan fingerprint density at radius 1 is 1.38 bits per heavy atom. The molecule has 3 atom stereocenters. The lowest BCUT2D eigenvalue weighted by molar-refractivity contribution is -0.142. The normalized spacial score (nSPS) is 24.2. The number of likely N-dealkylation sites (N-methyl/N-ethyl adjacent to an activating group) is 1. The van der Waals surface area contributed by atoms with E-state index in [1.54, 1.807) is 20.8 Å². The van der Waals surface area contributed by atoms with Gasteiger partial charge in [0.2, 0.25) is 0 Å². The van der Waals surface area contributed by atoms with Crippen molar-refractivity contribution in [1.29, 1.82) is 0 Å². The molecule has 1 fully saturated rings. The average molecular weight is 301 g/mol. The summed E-state index contributed by atoms with van der Waals surface area (Å²) < 4.78 is 0. The summed E-state index contributed by atoms with van der Waals surface area (Å²) in [6.07, 6.45) is -0.0441. The van der Waals surface area contributed by atoms with Crippen LogP contribution in [0.5, 0.6) is 0 Å². The van der Waals surface area contributed by atoms with Gasteiger partial charge < -0.3 is 25.3 Å². The molecule has 21 heavy (non-hydrogen) atoms. The maximum absolute atomic E-state index is 12.4. The SMILES string of the molecule is CN(C)CC1CC(O)CN1C(=O)N[C@H](C(=O)O)C(C)(C)C. The predicted octanol–water partition coefficient (Wildman–Crippen LogP) is 0.192. The van der Waals surface area contributed by atoms with Gasteiger partial charge in [-0.25, -0.2) is 9.59 Å². The number of carbonyl (C=O) groups excluding carboxylic acids is 1. The summed E-state index contributed by atoms with van der Waals surface area (Å²) in [4.78, 5) is 27.2. The highest BCUT2D eigenvalue weighted by Crippen LogP contribution is 2.22. The molecule has 0 spiro atoms. The molecule has 1 heterocycles. The van der Waals surface area contributed by atoms with Crippen LogP contribution in [-0.4, -0.2) is 77.4 Å². The molecule has 122 valence electrons. The van der Waals surface area contributed by atoms with Crippen LogP contribution in [0.4, 0.5) is 4.79 Å². The van der Waals surface area contributed by atoms with Gasteiger partial charge in [0.15, 0.2) is 0 Å². The molecule has 2 amide bonds. The summed E-state index contributed by atoms with van der Waals surface area (Å²) in [7, 11) is 3.80. The topological polar surface area (TPSA) is 93.1 Å². The largest absolute Gasteiger partial charge is 0.480 e. The molecule has 1 aliphatic rings. The second-order valence-electron chi connectivity index (χ2n) is 7.04. The molecule has 1 aliphatic heterocycles. The maximum Gasteiger partial charge on any atom is 0.326 e. The van der Waals surface area contributed by atoms with Gasteiger partial charge in [-0.1, -0.05) is 20.8 Å². The Balaban J connectivity index is 2.78. The molecule has 0 aromatic rings. The number of carboxylic acids is 1. The van der Waals surface area contributed by atoms with Gasteiger partial charge >= 0.3 is 12.0 Å². The van der Waals surface area contributed by atoms with Crippen LogP contribution in [0.15, 0.2) is 0 Å². The van der Waals surface area contributed by atoms with Gasteiger partial charge in [-0.3, -0.25) is 0 Å². The highest BCUT2D eigenvalue weighted by atomic mass is 16.4. The zero-order valence-corrected chi connectivity index (χ0v) is 13.5. The van der Waals surface area contributed by atoms with Crippen molar-refractivity contribution >= 4 is 12.0 Å². The van der Waals surface area contributed by atoms with Crippen molar-refractivity contribution in [1.82, 2.24) is 15.1 Å². The van der Waals surface area contributed by atoms with Crippen LogP contribution in [0.2, 0.25) is 0 Å². The third-order valence-corrected chi connectivity index (χ3v) is 3.61. The van der Waals surface area contributed by atoms with E-state index < -0.39 is 29.6 Å². The number of urea groups is 1. The van der Waals surface area contributed by atoms with Crippen LogP contribution in [0.1, 0.15) is 27.2 Å². The second kappa shape index (κ2) is 6.62. The van der Waals surface area contributed by atoms with Gasteiger partial charge in [0.1, 0.15) is 6.04 Å². The Morgan fingerprint density at radius 2 is 1.95 bits per heavy atom. The first-order chi connectivity index (χ1) is 9.52. The number of carboxylic acid groups (broad SMARTS) is 1. The lowest BCUT2D eigenvalue weighted by Crippen LogP contribution is -2.55. The summed E-state index contributed by atoms with van der Waals surface area (Å²) in [5, 5.41) is 21.6. The number of aliphatic hydroxyl groups excluding tert-OH is 1. The number of nitrogens with one attached hydrogen (secondary N) is 1. The number of aliphatic carboxylic acids is 1. The lowest BCUT2D eigenvalue weighted by atomic mass is 9.87. The van der Waals surface area contributed by atoms with Crippen molar-refractivity contribution < 1.29 is 19.8 Å².